The van der Waals surface area contributed by atoms with Gasteiger partial charge in [-0.05, 0) is 25.1 Å². The molecular formula is C12H11ClN4O. The minimum absolute atomic E-state index is 0.0961. The van der Waals surface area contributed by atoms with Gasteiger partial charge in [-0.1, -0.05) is 11.6 Å². The molecule has 1 amide bonds. The highest BCUT2D eigenvalue weighted by Crippen LogP contribution is 2.20. The lowest BCUT2D eigenvalue weighted by molar-refractivity contribution is 0.0955. The standard InChI is InChI=1S/C12H11ClN4O/c1-2-15-12(18)9-7-10(16-17-11(9)13)8-3-5-14-6-4-8/h3-7H,2H2,1H3,(H,15,18). The van der Waals surface area contributed by atoms with Crippen LogP contribution in [-0.4, -0.2) is 27.6 Å². The second-order valence-electron chi connectivity index (χ2n) is 3.53. The van der Waals surface area contributed by atoms with Gasteiger partial charge in [0.05, 0.1) is 11.3 Å². The van der Waals surface area contributed by atoms with E-state index in [1.54, 1.807) is 30.6 Å². The van der Waals surface area contributed by atoms with Gasteiger partial charge in [-0.25, -0.2) is 0 Å². The number of amides is 1. The first-order valence-corrected chi connectivity index (χ1v) is 5.82. The van der Waals surface area contributed by atoms with Crippen LogP contribution in [0.4, 0.5) is 0 Å². The van der Waals surface area contributed by atoms with Crippen molar-refractivity contribution in [2.45, 2.75) is 6.92 Å². The minimum atomic E-state index is -0.257. The maximum absolute atomic E-state index is 11.8. The Morgan fingerprint density at radius 3 is 2.72 bits per heavy atom. The van der Waals surface area contributed by atoms with Crippen molar-refractivity contribution in [3.8, 4) is 11.3 Å². The van der Waals surface area contributed by atoms with Crippen molar-refractivity contribution in [3.05, 3.63) is 41.3 Å². The highest BCUT2D eigenvalue weighted by Gasteiger charge is 2.13. The van der Waals surface area contributed by atoms with Gasteiger partial charge in [-0.15, -0.1) is 10.2 Å². The second-order valence-corrected chi connectivity index (χ2v) is 3.89. The molecule has 2 heterocycles. The molecule has 0 radical (unpaired) electrons. The Balaban J connectivity index is 2.41. The summed E-state index contributed by atoms with van der Waals surface area (Å²) < 4.78 is 0. The molecule has 6 heteroatoms. The molecule has 0 aliphatic heterocycles. The number of hydrogen-bond acceptors (Lipinski definition) is 4. The summed E-state index contributed by atoms with van der Waals surface area (Å²) in [5.74, 6) is -0.257. The van der Waals surface area contributed by atoms with Crippen molar-refractivity contribution in [3.63, 3.8) is 0 Å². The topological polar surface area (TPSA) is 67.8 Å². The number of carbonyl (C=O) groups is 1. The van der Waals surface area contributed by atoms with Gasteiger partial charge < -0.3 is 5.32 Å². The van der Waals surface area contributed by atoms with E-state index in [0.717, 1.165) is 5.56 Å². The number of nitrogens with one attached hydrogen (secondary N) is 1. The lowest BCUT2D eigenvalue weighted by atomic mass is 10.1. The summed E-state index contributed by atoms with van der Waals surface area (Å²) in [6, 6.07) is 5.20. The number of carbonyl (C=O) groups excluding carboxylic acids is 1. The van der Waals surface area contributed by atoms with Crippen LogP contribution in [0, 0.1) is 0 Å². The van der Waals surface area contributed by atoms with Crippen LogP contribution in [-0.2, 0) is 0 Å². The second kappa shape index (κ2) is 5.55. The van der Waals surface area contributed by atoms with Crippen LogP contribution in [0.3, 0.4) is 0 Å². The molecule has 0 atom stereocenters. The molecule has 2 rings (SSSR count). The number of nitrogens with zero attached hydrogens (tertiary/aromatic N) is 3. The van der Waals surface area contributed by atoms with Crippen molar-refractivity contribution >= 4 is 17.5 Å². The molecule has 0 aliphatic rings. The highest BCUT2D eigenvalue weighted by atomic mass is 35.5. The highest BCUT2D eigenvalue weighted by molar-refractivity contribution is 6.32. The number of pyridine rings is 1. The van der Waals surface area contributed by atoms with E-state index in [1.807, 2.05) is 6.92 Å². The number of aromatic nitrogens is 3. The summed E-state index contributed by atoms with van der Waals surface area (Å²) >= 11 is 5.87. The maximum atomic E-state index is 11.8. The SMILES string of the molecule is CCNC(=O)c1cc(-c2ccncc2)nnc1Cl. The molecule has 1 N–H and O–H groups in total. The Bertz CT molecular complexity index is 559. The molecule has 0 saturated heterocycles. The Morgan fingerprint density at radius 2 is 2.06 bits per heavy atom. The third kappa shape index (κ3) is 2.62. The van der Waals surface area contributed by atoms with Gasteiger partial charge in [-0.2, -0.15) is 0 Å². The van der Waals surface area contributed by atoms with Gasteiger partial charge in [-0.3, -0.25) is 9.78 Å². The van der Waals surface area contributed by atoms with Crippen LogP contribution >= 0.6 is 11.6 Å². The summed E-state index contributed by atoms with van der Waals surface area (Å²) in [4.78, 5) is 15.7. The smallest absolute Gasteiger partial charge is 0.254 e. The molecule has 2 aromatic rings. The third-order valence-corrected chi connectivity index (χ3v) is 2.59. The first-order valence-electron chi connectivity index (χ1n) is 5.44. The van der Waals surface area contributed by atoms with E-state index < -0.39 is 0 Å². The van der Waals surface area contributed by atoms with Crippen LogP contribution in [0.5, 0.6) is 0 Å². The molecular weight excluding hydrogens is 252 g/mol. The largest absolute Gasteiger partial charge is 0.352 e. The third-order valence-electron chi connectivity index (χ3n) is 2.31. The quantitative estimate of drug-likeness (QED) is 0.918. The van der Waals surface area contributed by atoms with Gasteiger partial charge in [0.2, 0.25) is 0 Å². The normalized spacial score (nSPS) is 10.1. The van der Waals surface area contributed by atoms with Crippen LogP contribution in [0.15, 0.2) is 30.6 Å². The zero-order valence-electron chi connectivity index (χ0n) is 9.72. The molecule has 0 saturated carbocycles. The predicted octanol–water partition coefficient (Wildman–Crippen LogP) is 1.94. The monoisotopic (exact) mass is 262 g/mol. The minimum Gasteiger partial charge on any atom is -0.352 e. The summed E-state index contributed by atoms with van der Waals surface area (Å²) in [5.41, 5.74) is 1.74. The molecule has 92 valence electrons. The molecule has 0 fully saturated rings. The van der Waals surface area contributed by atoms with Crippen molar-refractivity contribution in [2.24, 2.45) is 0 Å². The number of hydrogen-bond donors (Lipinski definition) is 1. The Morgan fingerprint density at radius 1 is 1.33 bits per heavy atom. The van der Waals surface area contributed by atoms with E-state index in [4.69, 9.17) is 11.6 Å². The number of halogens is 1. The average molecular weight is 263 g/mol. The zero-order chi connectivity index (χ0) is 13.0. The predicted molar refractivity (Wildman–Crippen MR) is 68.3 cm³/mol. The van der Waals surface area contributed by atoms with E-state index in [9.17, 15) is 4.79 Å². The summed E-state index contributed by atoms with van der Waals surface area (Å²) in [6.45, 7) is 2.37. The van der Waals surface area contributed by atoms with E-state index in [-0.39, 0.29) is 11.1 Å². The van der Waals surface area contributed by atoms with Crippen LogP contribution in [0.25, 0.3) is 11.3 Å². The van der Waals surface area contributed by atoms with E-state index >= 15 is 0 Å². The van der Waals surface area contributed by atoms with E-state index in [0.29, 0.717) is 17.8 Å². The van der Waals surface area contributed by atoms with Crippen LogP contribution in [0.2, 0.25) is 5.15 Å². The molecule has 18 heavy (non-hydrogen) atoms. The van der Waals surface area contributed by atoms with Gasteiger partial charge in [0.25, 0.3) is 5.91 Å². The average Bonchev–Trinajstić information content (AvgIpc) is 2.40. The summed E-state index contributed by atoms with van der Waals surface area (Å²) in [6.07, 6.45) is 3.30. The molecule has 2 aromatic heterocycles. The van der Waals surface area contributed by atoms with Gasteiger partial charge >= 0.3 is 0 Å². The summed E-state index contributed by atoms with van der Waals surface area (Å²) in [5, 5.41) is 10.5. The van der Waals surface area contributed by atoms with Gasteiger partial charge in [0.1, 0.15) is 0 Å². The molecule has 0 unspecified atom stereocenters. The lowest BCUT2D eigenvalue weighted by Gasteiger charge is -2.05. The maximum Gasteiger partial charge on any atom is 0.254 e. The van der Waals surface area contributed by atoms with Gasteiger partial charge in [0.15, 0.2) is 5.15 Å². The zero-order valence-corrected chi connectivity index (χ0v) is 10.5. The van der Waals surface area contributed by atoms with E-state index in [2.05, 4.69) is 20.5 Å². The Labute approximate surface area is 109 Å². The molecule has 0 aliphatic carbocycles. The fraction of sp³-hybridized carbons (Fsp3) is 0.167. The fourth-order valence-corrected chi connectivity index (χ4v) is 1.63. The van der Waals surface area contributed by atoms with Crippen molar-refractivity contribution in [1.29, 1.82) is 0 Å². The van der Waals surface area contributed by atoms with Crippen LogP contribution < -0.4 is 5.32 Å². The van der Waals surface area contributed by atoms with Crippen molar-refractivity contribution < 1.29 is 4.79 Å². The van der Waals surface area contributed by atoms with Crippen LogP contribution in [0.1, 0.15) is 17.3 Å². The number of rotatable bonds is 3. The Kier molecular flexibility index (Phi) is 3.84. The first-order chi connectivity index (χ1) is 8.72. The van der Waals surface area contributed by atoms with Crippen molar-refractivity contribution in [1.82, 2.24) is 20.5 Å². The molecule has 0 bridgehead atoms. The van der Waals surface area contributed by atoms with Crippen molar-refractivity contribution in [2.75, 3.05) is 6.54 Å². The van der Waals surface area contributed by atoms with Gasteiger partial charge in [0, 0.05) is 24.5 Å². The fourth-order valence-electron chi connectivity index (χ4n) is 1.46. The molecule has 0 aromatic carbocycles. The molecule has 5 nitrogen and oxygen atoms in total. The lowest BCUT2D eigenvalue weighted by Crippen LogP contribution is -2.23. The first kappa shape index (κ1) is 12.4. The summed E-state index contributed by atoms with van der Waals surface area (Å²) in [7, 11) is 0. The van der Waals surface area contributed by atoms with E-state index in [1.165, 1.54) is 0 Å². The molecule has 0 spiro atoms. The Hall–Kier alpha value is -2.01.